The highest BCUT2D eigenvalue weighted by Crippen LogP contribution is 2.44. The molecule has 24 heavy (non-hydrogen) atoms. The second-order valence-electron chi connectivity index (χ2n) is 6.70. The maximum atomic E-state index is 12.5. The fourth-order valence-corrected chi connectivity index (χ4v) is 7.41. The second-order valence-corrected chi connectivity index (χ2v) is 9.87. The zero-order valence-electron chi connectivity index (χ0n) is 15.4. The molecule has 0 amide bonds. The average molecular weight is 387 g/mol. The minimum atomic E-state index is -4.69. The molecule has 2 N–H and O–H groups in total. The molecule has 0 aliphatic carbocycles. The normalized spacial score (nSPS) is 13.8. The first-order chi connectivity index (χ1) is 11.0. The number of rotatable bonds is 13. The topological polar surface area (TPSA) is 109 Å². The van der Waals surface area contributed by atoms with E-state index in [0.29, 0.717) is 51.4 Å². The Hall–Kier alpha value is -0.180. The van der Waals surface area contributed by atoms with Crippen molar-refractivity contribution in [3.8, 4) is 0 Å². The number of hydrogen-bond acceptors (Lipinski definition) is 4. The molecule has 0 saturated carbocycles. The van der Waals surface area contributed by atoms with Gasteiger partial charge in [-0.15, -0.1) is 0 Å². The molecule has 0 aromatic carbocycles. The van der Waals surface area contributed by atoms with Crippen molar-refractivity contribution in [1.82, 2.24) is 0 Å². The summed E-state index contributed by atoms with van der Waals surface area (Å²) in [6, 6.07) is 0. The van der Waals surface area contributed by atoms with Crippen LogP contribution in [0.2, 0.25) is 0 Å². The van der Waals surface area contributed by atoms with Crippen LogP contribution in [0.25, 0.3) is 0 Å². The lowest BCUT2D eigenvalue weighted by Gasteiger charge is -2.43. The summed E-state index contributed by atoms with van der Waals surface area (Å²) in [5, 5.41) is 0. The van der Waals surface area contributed by atoms with Crippen molar-refractivity contribution < 1.29 is 25.9 Å². The molecular weight excluding hydrogens is 352 g/mol. The van der Waals surface area contributed by atoms with E-state index >= 15 is 0 Å². The van der Waals surface area contributed by atoms with Gasteiger partial charge in [-0.1, -0.05) is 53.4 Å². The minimum Gasteiger partial charge on any atom is -0.285 e. The summed E-state index contributed by atoms with van der Waals surface area (Å²) in [5.74, 6) is -1.95. The predicted octanol–water partition coefficient (Wildman–Crippen LogP) is 3.93. The van der Waals surface area contributed by atoms with Crippen LogP contribution < -0.4 is 0 Å². The molecule has 0 unspecified atom stereocenters. The maximum Gasteiger partial charge on any atom is 0.272 e. The highest BCUT2D eigenvalue weighted by molar-refractivity contribution is 7.90. The molecule has 0 spiro atoms. The van der Waals surface area contributed by atoms with Gasteiger partial charge in [0.1, 0.15) is 4.75 Å². The standard InChI is InChI=1S/C16H34O6S2/c1-5-9-14(10-6-2)16(24(20,21)22,13-23(17,18)19)15(11-7-3)12-8-4/h14-15H,5-13H2,1-4H3,(H,17,18,19)(H,20,21,22). The Morgan fingerprint density at radius 1 is 0.708 bits per heavy atom. The third-order valence-electron chi connectivity index (χ3n) is 4.82. The van der Waals surface area contributed by atoms with E-state index < -0.39 is 42.6 Å². The molecule has 0 aliphatic rings. The van der Waals surface area contributed by atoms with Crippen LogP contribution in [0.5, 0.6) is 0 Å². The van der Waals surface area contributed by atoms with Gasteiger partial charge in [0, 0.05) is 0 Å². The third-order valence-corrected chi connectivity index (χ3v) is 7.62. The first kappa shape index (κ1) is 23.8. The first-order valence-electron chi connectivity index (χ1n) is 8.92. The lowest BCUT2D eigenvalue weighted by atomic mass is 9.74. The summed E-state index contributed by atoms with van der Waals surface area (Å²) < 4.78 is 66.2. The molecule has 0 heterocycles. The Morgan fingerprint density at radius 2 is 1.00 bits per heavy atom. The fourth-order valence-electron chi connectivity index (χ4n) is 4.01. The van der Waals surface area contributed by atoms with Gasteiger partial charge in [-0.2, -0.15) is 16.8 Å². The van der Waals surface area contributed by atoms with Crippen molar-refractivity contribution in [2.45, 2.75) is 83.8 Å². The molecule has 0 aromatic heterocycles. The molecule has 0 aliphatic heterocycles. The van der Waals surface area contributed by atoms with Gasteiger partial charge < -0.3 is 0 Å². The SMILES string of the molecule is CCCC(CCC)C(CS(=O)(=O)O)(C(CCC)CCC)S(=O)(=O)O. The van der Waals surface area contributed by atoms with Crippen LogP contribution in [0.1, 0.15) is 79.1 Å². The van der Waals surface area contributed by atoms with E-state index in [1.807, 2.05) is 27.7 Å². The summed E-state index contributed by atoms with van der Waals surface area (Å²) in [4.78, 5) is 0. The van der Waals surface area contributed by atoms with Gasteiger partial charge in [0.2, 0.25) is 0 Å². The van der Waals surface area contributed by atoms with Crippen LogP contribution in [-0.2, 0) is 20.2 Å². The quantitative estimate of drug-likeness (QED) is 0.464. The Balaban J connectivity index is 6.51. The summed E-state index contributed by atoms with van der Waals surface area (Å²) in [7, 11) is -9.25. The van der Waals surface area contributed by atoms with Crippen LogP contribution in [0.15, 0.2) is 0 Å². The van der Waals surface area contributed by atoms with Crippen molar-refractivity contribution >= 4 is 20.2 Å². The molecule has 0 bridgehead atoms. The van der Waals surface area contributed by atoms with Crippen LogP contribution in [0.3, 0.4) is 0 Å². The van der Waals surface area contributed by atoms with Crippen molar-refractivity contribution in [2.24, 2.45) is 11.8 Å². The highest BCUT2D eigenvalue weighted by atomic mass is 32.2. The van der Waals surface area contributed by atoms with Gasteiger partial charge in [-0.05, 0) is 37.5 Å². The summed E-state index contributed by atoms with van der Waals surface area (Å²) in [5.41, 5.74) is 0. The Kier molecular flexibility index (Phi) is 10.0. The van der Waals surface area contributed by atoms with Crippen LogP contribution in [-0.4, -0.2) is 36.4 Å². The van der Waals surface area contributed by atoms with Gasteiger partial charge in [-0.3, -0.25) is 9.11 Å². The minimum absolute atomic E-state index is 0.493. The molecule has 0 atom stereocenters. The summed E-state index contributed by atoms with van der Waals surface area (Å²) in [6.07, 6.45) is 4.69. The summed E-state index contributed by atoms with van der Waals surface area (Å²) >= 11 is 0. The average Bonchev–Trinajstić information content (AvgIpc) is 2.42. The van der Waals surface area contributed by atoms with Crippen molar-refractivity contribution in [1.29, 1.82) is 0 Å². The van der Waals surface area contributed by atoms with E-state index in [9.17, 15) is 25.9 Å². The molecular formula is C16H34O6S2. The lowest BCUT2D eigenvalue weighted by Crippen LogP contribution is -2.56. The molecule has 0 rings (SSSR count). The third kappa shape index (κ3) is 6.28. The van der Waals surface area contributed by atoms with E-state index in [1.165, 1.54) is 0 Å². The van der Waals surface area contributed by atoms with Gasteiger partial charge in [0.05, 0.1) is 5.75 Å². The van der Waals surface area contributed by atoms with Gasteiger partial charge >= 0.3 is 0 Å². The first-order valence-corrected chi connectivity index (χ1v) is 12.0. The smallest absolute Gasteiger partial charge is 0.272 e. The summed E-state index contributed by atoms with van der Waals surface area (Å²) in [6.45, 7) is 7.61. The monoisotopic (exact) mass is 386 g/mol. The molecule has 0 aromatic rings. The number of hydrogen-bond donors (Lipinski definition) is 2. The van der Waals surface area contributed by atoms with E-state index in [1.54, 1.807) is 0 Å². The fraction of sp³-hybridized carbons (Fsp3) is 1.00. The van der Waals surface area contributed by atoms with E-state index in [4.69, 9.17) is 0 Å². The van der Waals surface area contributed by atoms with Crippen LogP contribution in [0, 0.1) is 11.8 Å². The Labute approximate surface area is 147 Å². The van der Waals surface area contributed by atoms with E-state index in [2.05, 4.69) is 0 Å². The Bertz CT molecular complexity index is 525. The molecule has 6 nitrogen and oxygen atoms in total. The molecule has 0 radical (unpaired) electrons. The van der Waals surface area contributed by atoms with Crippen molar-refractivity contribution in [3.05, 3.63) is 0 Å². The zero-order chi connectivity index (χ0) is 19.0. The second kappa shape index (κ2) is 10.1. The van der Waals surface area contributed by atoms with Crippen molar-refractivity contribution in [2.75, 3.05) is 5.75 Å². The lowest BCUT2D eigenvalue weighted by molar-refractivity contribution is 0.205. The van der Waals surface area contributed by atoms with Crippen LogP contribution >= 0.6 is 0 Å². The van der Waals surface area contributed by atoms with E-state index in [0.717, 1.165) is 0 Å². The molecule has 0 fully saturated rings. The van der Waals surface area contributed by atoms with Crippen LogP contribution in [0.4, 0.5) is 0 Å². The predicted molar refractivity (Wildman–Crippen MR) is 97.3 cm³/mol. The molecule has 8 heteroatoms. The van der Waals surface area contributed by atoms with E-state index in [-0.39, 0.29) is 0 Å². The Morgan fingerprint density at radius 3 is 1.17 bits per heavy atom. The van der Waals surface area contributed by atoms with Crippen molar-refractivity contribution in [3.63, 3.8) is 0 Å². The highest BCUT2D eigenvalue weighted by Gasteiger charge is 2.55. The molecule has 146 valence electrons. The maximum absolute atomic E-state index is 12.5. The van der Waals surface area contributed by atoms with Gasteiger partial charge in [0.15, 0.2) is 0 Å². The van der Waals surface area contributed by atoms with Gasteiger partial charge in [-0.25, -0.2) is 0 Å². The zero-order valence-corrected chi connectivity index (χ0v) is 17.0. The largest absolute Gasteiger partial charge is 0.285 e. The molecule has 0 saturated heterocycles. The van der Waals surface area contributed by atoms with Gasteiger partial charge in [0.25, 0.3) is 20.2 Å².